The Balaban J connectivity index is 2.20. The van der Waals surface area contributed by atoms with E-state index >= 15 is 0 Å². The molecule has 2 aromatic rings. The zero-order valence-corrected chi connectivity index (χ0v) is 15.0. The van der Waals surface area contributed by atoms with E-state index in [-0.39, 0.29) is 17.8 Å². The number of Topliss-reactive ketones (excluding diaryl/α,β-unsaturated/α-hetero) is 1. The zero-order chi connectivity index (χ0) is 18.8. The van der Waals surface area contributed by atoms with Crippen LogP contribution in [0.5, 0.6) is 5.75 Å². The summed E-state index contributed by atoms with van der Waals surface area (Å²) in [7, 11) is 1.56. The third kappa shape index (κ3) is 2.96. The van der Waals surface area contributed by atoms with Crippen LogP contribution in [-0.2, 0) is 9.59 Å². The first-order chi connectivity index (χ1) is 12.5. The van der Waals surface area contributed by atoms with E-state index in [2.05, 4.69) is 0 Å². The fourth-order valence-corrected chi connectivity index (χ4v) is 3.25. The number of carbonyl (C=O) groups excluding carboxylic acids is 2. The molecule has 2 aromatic carbocycles. The molecule has 3 rings (SSSR count). The third-order valence-electron chi connectivity index (χ3n) is 4.52. The summed E-state index contributed by atoms with van der Waals surface area (Å²) in [5, 5.41) is 10.5. The summed E-state index contributed by atoms with van der Waals surface area (Å²) in [6, 6.07) is 13.9. The number of ketones is 1. The molecule has 0 aromatic heterocycles. The van der Waals surface area contributed by atoms with E-state index in [1.165, 1.54) is 4.90 Å². The molecule has 1 aliphatic heterocycles. The molecule has 0 saturated heterocycles. The number of nitrogens with zero attached hydrogens (tertiary/aromatic N) is 1. The second kappa shape index (κ2) is 7.04. The lowest BCUT2D eigenvalue weighted by Gasteiger charge is -2.27. The van der Waals surface area contributed by atoms with Crippen molar-refractivity contribution in [2.45, 2.75) is 26.3 Å². The molecular formula is C21H21NO4. The number of anilines is 1. The van der Waals surface area contributed by atoms with Gasteiger partial charge in [-0.3, -0.25) is 14.5 Å². The fourth-order valence-electron chi connectivity index (χ4n) is 3.25. The molecule has 134 valence electrons. The zero-order valence-electron chi connectivity index (χ0n) is 15.0. The van der Waals surface area contributed by atoms with Crippen LogP contribution in [0, 0.1) is 6.92 Å². The molecule has 0 aliphatic carbocycles. The molecule has 0 fully saturated rings. The maximum atomic E-state index is 12.8. The predicted molar refractivity (Wildman–Crippen MR) is 99.4 cm³/mol. The summed E-state index contributed by atoms with van der Waals surface area (Å²) in [5.41, 5.74) is 2.45. The molecule has 1 unspecified atom stereocenters. The number of aliphatic hydroxyl groups is 1. The summed E-state index contributed by atoms with van der Waals surface area (Å²) < 4.78 is 5.28. The van der Waals surface area contributed by atoms with E-state index in [4.69, 9.17) is 4.74 Å². The van der Waals surface area contributed by atoms with E-state index in [1.54, 1.807) is 38.3 Å². The molecule has 0 spiro atoms. The molecular weight excluding hydrogens is 330 g/mol. The van der Waals surface area contributed by atoms with Gasteiger partial charge in [0.05, 0.1) is 18.7 Å². The molecule has 5 nitrogen and oxygen atoms in total. The van der Waals surface area contributed by atoms with E-state index < -0.39 is 17.7 Å². The van der Waals surface area contributed by atoms with Gasteiger partial charge in [-0.1, -0.05) is 31.2 Å². The van der Waals surface area contributed by atoms with Crippen molar-refractivity contribution in [3.63, 3.8) is 0 Å². The first-order valence-electron chi connectivity index (χ1n) is 8.48. The van der Waals surface area contributed by atoms with E-state index in [9.17, 15) is 14.7 Å². The Kier molecular flexibility index (Phi) is 4.80. The van der Waals surface area contributed by atoms with Gasteiger partial charge < -0.3 is 9.84 Å². The number of methoxy groups -OCH3 is 1. The van der Waals surface area contributed by atoms with Gasteiger partial charge in [-0.15, -0.1) is 0 Å². The van der Waals surface area contributed by atoms with Crippen molar-refractivity contribution in [3.8, 4) is 5.75 Å². The maximum Gasteiger partial charge on any atom is 0.294 e. The number of carbonyl (C=O) groups is 2. The van der Waals surface area contributed by atoms with Crippen LogP contribution in [0.3, 0.4) is 0 Å². The first-order valence-corrected chi connectivity index (χ1v) is 8.48. The minimum atomic E-state index is -0.688. The number of aryl methyl sites for hydroxylation is 1. The van der Waals surface area contributed by atoms with Crippen LogP contribution in [0.25, 0.3) is 0 Å². The average molecular weight is 351 g/mol. The van der Waals surface area contributed by atoms with Crippen molar-refractivity contribution < 1.29 is 19.4 Å². The number of benzene rings is 2. The Bertz CT molecular complexity index is 900. The molecule has 1 atom stereocenters. The largest absolute Gasteiger partial charge is 0.503 e. The summed E-state index contributed by atoms with van der Waals surface area (Å²) in [6.45, 7) is 3.64. The lowest BCUT2D eigenvalue weighted by molar-refractivity contribution is -0.118. The van der Waals surface area contributed by atoms with Crippen molar-refractivity contribution in [2.75, 3.05) is 12.0 Å². The molecule has 0 bridgehead atoms. The van der Waals surface area contributed by atoms with E-state index in [1.807, 2.05) is 31.2 Å². The Morgan fingerprint density at radius 2 is 1.92 bits per heavy atom. The Morgan fingerprint density at radius 3 is 2.58 bits per heavy atom. The van der Waals surface area contributed by atoms with Crippen molar-refractivity contribution in [1.82, 2.24) is 0 Å². The average Bonchev–Trinajstić information content (AvgIpc) is 2.92. The second-order valence-electron chi connectivity index (χ2n) is 6.23. The molecule has 0 saturated carbocycles. The summed E-state index contributed by atoms with van der Waals surface area (Å²) >= 11 is 0. The quantitative estimate of drug-likeness (QED) is 0.888. The molecule has 1 N–H and O–H groups in total. The monoisotopic (exact) mass is 351 g/mol. The normalized spacial score (nSPS) is 17.0. The standard InChI is InChI=1S/C21H21NO4/c1-4-17(23)18-19(14-8-6-10-16(12-14)26-3)22(21(25)20(18)24)15-9-5-7-13(2)11-15/h5-12,19,24H,4H2,1-3H3. The summed E-state index contributed by atoms with van der Waals surface area (Å²) in [6.07, 6.45) is 0.203. The number of aliphatic hydroxyl groups excluding tert-OH is 1. The highest BCUT2D eigenvalue weighted by Crippen LogP contribution is 2.42. The van der Waals surface area contributed by atoms with Crippen LogP contribution in [0.4, 0.5) is 5.69 Å². The van der Waals surface area contributed by atoms with Gasteiger partial charge in [-0.05, 0) is 42.3 Å². The van der Waals surface area contributed by atoms with Crippen LogP contribution >= 0.6 is 0 Å². The molecule has 5 heteroatoms. The summed E-state index contributed by atoms with van der Waals surface area (Å²) in [4.78, 5) is 26.8. The van der Waals surface area contributed by atoms with Crippen molar-refractivity contribution >= 4 is 17.4 Å². The van der Waals surface area contributed by atoms with Crippen molar-refractivity contribution in [1.29, 1.82) is 0 Å². The van der Waals surface area contributed by atoms with E-state index in [0.29, 0.717) is 17.0 Å². The van der Waals surface area contributed by atoms with Gasteiger partial charge in [0.25, 0.3) is 5.91 Å². The van der Waals surface area contributed by atoms with Crippen LogP contribution < -0.4 is 9.64 Å². The SMILES string of the molecule is CCC(=O)C1=C(O)C(=O)N(c2cccc(C)c2)C1c1cccc(OC)c1. The van der Waals surface area contributed by atoms with Gasteiger partial charge in [0, 0.05) is 12.1 Å². The smallest absolute Gasteiger partial charge is 0.294 e. The van der Waals surface area contributed by atoms with Crippen LogP contribution in [-0.4, -0.2) is 23.9 Å². The molecule has 1 amide bonds. The van der Waals surface area contributed by atoms with Gasteiger partial charge in [0.15, 0.2) is 11.5 Å². The molecule has 0 radical (unpaired) electrons. The van der Waals surface area contributed by atoms with Gasteiger partial charge in [-0.2, -0.15) is 0 Å². The van der Waals surface area contributed by atoms with Gasteiger partial charge >= 0.3 is 0 Å². The van der Waals surface area contributed by atoms with Gasteiger partial charge in [0.1, 0.15) is 5.75 Å². The number of ether oxygens (including phenoxy) is 1. The predicted octanol–water partition coefficient (Wildman–Crippen LogP) is 3.88. The number of hydrogen-bond donors (Lipinski definition) is 1. The first kappa shape index (κ1) is 17.7. The molecule has 26 heavy (non-hydrogen) atoms. The topological polar surface area (TPSA) is 66.8 Å². The minimum absolute atomic E-state index is 0.132. The summed E-state index contributed by atoms with van der Waals surface area (Å²) in [5.74, 6) is -0.681. The Labute approximate surface area is 152 Å². The number of hydrogen-bond acceptors (Lipinski definition) is 4. The van der Waals surface area contributed by atoms with E-state index in [0.717, 1.165) is 5.56 Å². The van der Waals surface area contributed by atoms with Gasteiger partial charge in [-0.25, -0.2) is 0 Å². The minimum Gasteiger partial charge on any atom is -0.503 e. The number of rotatable bonds is 5. The maximum absolute atomic E-state index is 12.8. The van der Waals surface area contributed by atoms with Crippen LogP contribution in [0.1, 0.15) is 30.5 Å². The molecule has 1 aliphatic rings. The molecule has 1 heterocycles. The van der Waals surface area contributed by atoms with Crippen molar-refractivity contribution in [3.05, 3.63) is 71.0 Å². The fraction of sp³-hybridized carbons (Fsp3) is 0.238. The lowest BCUT2D eigenvalue weighted by atomic mass is 9.94. The van der Waals surface area contributed by atoms with Crippen LogP contribution in [0.2, 0.25) is 0 Å². The Morgan fingerprint density at radius 1 is 1.19 bits per heavy atom. The lowest BCUT2D eigenvalue weighted by Crippen LogP contribution is -2.31. The number of amides is 1. The highest BCUT2D eigenvalue weighted by Gasteiger charge is 2.43. The van der Waals surface area contributed by atoms with Gasteiger partial charge in [0.2, 0.25) is 0 Å². The van der Waals surface area contributed by atoms with Crippen molar-refractivity contribution in [2.24, 2.45) is 0 Å². The van der Waals surface area contributed by atoms with Crippen LogP contribution in [0.15, 0.2) is 59.9 Å². The third-order valence-corrected chi connectivity index (χ3v) is 4.52. The Hall–Kier alpha value is -3.08. The highest BCUT2D eigenvalue weighted by molar-refractivity contribution is 6.16. The second-order valence-corrected chi connectivity index (χ2v) is 6.23. The highest BCUT2D eigenvalue weighted by atomic mass is 16.5.